The van der Waals surface area contributed by atoms with Crippen molar-refractivity contribution in [1.29, 1.82) is 0 Å². The lowest BCUT2D eigenvalue weighted by Crippen LogP contribution is -2.47. The highest BCUT2D eigenvalue weighted by Crippen LogP contribution is 2.36. The average Bonchev–Trinajstić information content (AvgIpc) is 2.83. The van der Waals surface area contributed by atoms with Crippen molar-refractivity contribution in [2.45, 2.75) is 37.6 Å². The molecule has 0 spiro atoms. The molecule has 4 rings (SSSR count). The fourth-order valence-corrected chi connectivity index (χ4v) is 5.12. The van der Waals surface area contributed by atoms with Crippen LogP contribution in [0.15, 0.2) is 66.7 Å². The Bertz CT molecular complexity index is 1110. The maximum Gasteiger partial charge on any atom is 0.166 e. The number of fused-ring (bicyclic) bond motifs is 1. The molecule has 0 saturated carbocycles. The van der Waals surface area contributed by atoms with E-state index >= 15 is 0 Å². The van der Waals surface area contributed by atoms with Crippen LogP contribution in [0.2, 0.25) is 10.0 Å². The van der Waals surface area contributed by atoms with Gasteiger partial charge in [0.1, 0.15) is 5.75 Å². The summed E-state index contributed by atoms with van der Waals surface area (Å²) in [5.41, 5.74) is 5.20. The lowest BCUT2D eigenvalue weighted by Gasteiger charge is -2.35. The zero-order valence-electron chi connectivity index (χ0n) is 18.6. The van der Waals surface area contributed by atoms with Crippen molar-refractivity contribution >= 4 is 40.5 Å². The quantitative estimate of drug-likeness (QED) is 0.371. The van der Waals surface area contributed by atoms with Crippen LogP contribution in [0.1, 0.15) is 34.6 Å². The minimum atomic E-state index is 0.260. The van der Waals surface area contributed by atoms with Crippen LogP contribution in [0, 0.1) is 0 Å². The first-order valence-electron chi connectivity index (χ1n) is 11.2. The second kappa shape index (κ2) is 11.2. The van der Waals surface area contributed by atoms with E-state index in [2.05, 4.69) is 59.2 Å². The fourth-order valence-electron chi connectivity index (χ4n) is 4.54. The van der Waals surface area contributed by atoms with Crippen LogP contribution < -0.4 is 15.4 Å². The number of halogens is 2. The fraction of sp³-hybridized carbons (Fsp3) is 0.296. The molecule has 33 heavy (non-hydrogen) atoms. The molecule has 2 atom stereocenters. The minimum Gasteiger partial charge on any atom is -0.497 e. The Morgan fingerprint density at radius 1 is 1.00 bits per heavy atom. The Balaban J connectivity index is 1.43. The van der Waals surface area contributed by atoms with E-state index < -0.39 is 0 Å². The van der Waals surface area contributed by atoms with Crippen LogP contribution in [0.25, 0.3) is 0 Å². The highest BCUT2D eigenvalue weighted by atomic mass is 35.5. The van der Waals surface area contributed by atoms with E-state index in [0.717, 1.165) is 43.5 Å². The van der Waals surface area contributed by atoms with E-state index in [1.165, 1.54) is 16.7 Å². The van der Waals surface area contributed by atoms with Crippen LogP contribution in [0.3, 0.4) is 0 Å². The van der Waals surface area contributed by atoms with Crippen LogP contribution >= 0.6 is 35.4 Å². The maximum atomic E-state index is 6.13. The zero-order chi connectivity index (χ0) is 23.2. The first-order valence-corrected chi connectivity index (χ1v) is 12.4. The Kier molecular flexibility index (Phi) is 8.13. The van der Waals surface area contributed by atoms with Gasteiger partial charge >= 0.3 is 0 Å². The number of ether oxygens (including phenoxy) is 1. The third kappa shape index (κ3) is 6.20. The molecule has 0 radical (unpaired) electrons. The SMILES string of the molecule is COc1ccc2c(c1)CCC(NC(=S)NCCc1ccc(Cl)c(Cl)c1)C2Cc1ccccc1. The first-order chi connectivity index (χ1) is 16.0. The van der Waals surface area contributed by atoms with Gasteiger partial charge in [-0.05, 0) is 84.4 Å². The summed E-state index contributed by atoms with van der Waals surface area (Å²) in [4.78, 5) is 0. The first kappa shape index (κ1) is 23.9. The summed E-state index contributed by atoms with van der Waals surface area (Å²) < 4.78 is 5.46. The Morgan fingerprint density at radius 2 is 1.82 bits per heavy atom. The minimum absolute atomic E-state index is 0.260. The van der Waals surface area contributed by atoms with Crippen LogP contribution in [0.5, 0.6) is 5.75 Å². The largest absolute Gasteiger partial charge is 0.497 e. The van der Waals surface area contributed by atoms with Crippen molar-refractivity contribution in [3.63, 3.8) is 0 Å². The number of methoxy groups -OCH3 is 1. The van der Waals surface area contributed by atoms with Gasteiger partial charge < -0.3 is 15.4 Å². The molecule has 0 saturated heterocycles. The zero-order valence-corrected chi connectivity index (χ0v) is 20.9. The summed E-state index contributed by atoms with van der Waals surface area (Å²) in [6.45, 7) is 0.730. The molecular formula is C27H28Cl2N2OS. The normalized spacial score (nSPS) is 17.2. The van der Waals surface area contributed by atoms with Crippen molar-refractivity contribution in [2.75, 3.05) is 13.7 Å². The smallest absolute Gasteiger partial charge is 0.166 e. The number of aryl methyl sites for hydroxylation is 1. The van der Waals surface area contributed by atoms with Gasteiger partial charge in [0.2, 0.25) is 0 Å². The molecule has 2 N–H and O–H groups in total. The summed E-state index contributed by atoms with van der Waals surface area (Å²) in [6.07, 6.45) is 3.80. The molecule has 0 heterocycles. The van der Waals surface area contributed by atoms with Crippen molar-refractivity contribution in [1.82, 2.24) is 10.6 Å². The van der Waals surface area contributed by atoms with Gasteiger partial charge in [0.15, 0.2) is 5.11 Å². The summed E-state index contributed by atoms with van der Waals surface area (Å²) >= 11 is 17.8. The Hall–Kier alpha value is -2.27. The average molecular weight is 500 g/mol. The lowest BCUT2D eigenvalue weighted by molar-refractivity contribution is 0.406. The van der Waals surface area contributed by atoms with Crippen molar-refractivity contribution in [3.05, 3.63) is 99.0 Å². The molecule has 172 valence electrons. The van der Waals surface area contributed by atoms with E-state index in [4.69, 9.17) is 40.2 Å². The lowest BCUT2D eigenvalue weighted by atomic mass is 9.76. The van der Waals surface area contributed by atoms with Crippen LogP contribution in [-0.2, 0) is 19.3 Å². The van der Waals surface area contributed by atoms with E-state index in [-0.39, 0.29) is 6.04 Å². The summed E-state index contributed by atoms with van der Waals surface area (Å²) in [5, 5.41) is 8.81. The van der Waals surface area contributed by atoms with Gasteiger partial charge in [-0.3, -0.25) is 0 Å². The molecule has 0 bridgehead atoms. The molecule has 6 heteroatoms. The topological polar surface area (TPSA) is 33.3 Å². The summed E-state index contributed by atoms with van der Waals surface area (Å²) in [7, 11) is 1.72. The van der Waals surface area contributed by atoms with E-state index in [9.17, 15) is 0 Å². The maximum absolute atomic E-state index is 6.13. The molecule has 3 aromatic rings. The van der Waals surface area contributed by atoms with Crippen LogP contribution in [0.4, 0.5) is 0 Å². The molecule has 1 aliphatic rings. The third-order valence-corrected chi connectivity index (χ3v) is 7.26. The Labute approximate surface area is 211 Å². The number of nitrogens with one attached hydrogen (secondary N) is 2. The second-order valence-corrected chi connectivity index (χ2v) is 9.63. The highest BCUT2D eigenvalue weighted by Gasteiger charge is 2.30. The predicted octanol–water partition coefficient (Wildman–Crippen LogP) is 6.35. The molecule has 3 aromatic carbocycles. The molecular weight excluding hydrogens is 471 g/mol. The molecule has 3 nitrogen and oxygen atoms in total. The molecule has 0 amide bonds. The monoisotopic (exact) mass is 498 g/mol. The van der Waals surface area contributed by atoms with Gasteiger partial charge in [-0.15, -0.1) is 0 Å². The number of thiocarbonyl (C=S) groups is 1. The molecule has 2 unspecified atom stereocenters. The van der Waals surface area contributed by atoms with E-state index in [1.54, 1.807) is 7.11 Å². The van der Waals surface area contributed by atoms with Gasteiger partial charge in [0.25, 0.3) is 0 Å². The Morgan fingerprint density at radius 3 is 2.58 bits per heavy atom. The van der Waals surface area contributed by atoms with Gasteiger partial charge in [-0.2, -0.15) is 0 Å². The predicted molar refractivity (Wildman–Crippen MR) is 142 cm³/mol. The molecule has 1 aliphatic carbocycles. The van der Waals surface area contributed by atoms with Crippen molar-refractivity contribution in [2.24, 2.45) is 0 Å². The molecule has 0 aliphatic heterocycles. The standard InChI is InChI=1S/C27H28Cl2N2OS/c1-32-21-9-10-22-20(17-21)8-12-26(23(22)15-18-5-3-2-4-6-18)31-27(33)30-14-13-19-7-11-24(28)25(29)16-19/h2-7,9-11,16-17,23,26H,8,12-15H2,1H3,(H2,30,31,33). The van der Waals surface area contributed by atoms with Gasteiger partial charge in [0.05, 0.1) is 17.2 Å². The summed E-state index contributed by atoms with van der Waals surface area (Å²) in [5.74, 6) is 1.25. The van der Waals surface area contributed by atoms with E-state index in [0.29, 0.717) is 21.1 Å². The second-order valence-electron chi connectivity index (χ2n) is 8.40. The van der Waals surface area contributed by atoms with Crippen molar-refractivity contribution < 1.29 is 4.74 Å². The van der Waals surface area contributed by atoms with Gasteiger partial charge in [-0.25, -0.2) is 0 Å². The highest BCUT2D eigenvalue weighted by molar-refractivity contribution is 7.80. The number of benzene rings is 3. The number of rotatable bonds is 7. The van der Waals surface area contributed by atoms with Crippen molar-refractivity contribution in [3.8, 4) is 5.75 Å². The number of hydrogen-bond acceptors (Lipinski definition) is 2. The third-order valence-electron chi connectivity index (χ3n) is 6.26. The van der Waals surface area contributed by atoms with Crippen LogP contribution in [-0.4, -0.2) is 24.8 Å². The molecule has 0 aromatic heterocycles. The number of hydrogen-bond donors (Lipinski definition) is 2. The van der Waals surface area contributed by atoms with Gasteiger partial charge in [0, 0.05) is 18.5 Å². The van der Waals surface area contributed by atoms with E-state index in [1.807, 2.05) is 18.2 Å². The molecule has 0 fully saturated rings. The summed E-state index contributed by atoms with van der Waals surface area (Å²) in [6, 6.07) is 23.1. The van der Waals surface area contributed by atoms with Gasteiger partial charge in [-0.1, -0.05) is 65.7 Å².